The summed E-state index contributed by atoms with van der Waals surface area (Å²) in [6, 6.07) is 0. The Bertz CT molecular complexity index is 1120. The molecule has 1 atom stereocenters. The molecule has 0 aliphatic rings. The number of carbonyl (C=O) groups excluding carboxylic acids is 3. The molecule has 0 amide bonds. The highest BCUT2D eigenvalue weighted by Crippen LogP contribution is 2.16. The van der Waals surface area contributed by atoms with E-state index in [-0.39, 0.29) is 31.1 Å². The number of allylic oxidation sites excluding steroid dienone is 8. The molecule has 0 heterocycles. The van der Waals surface area contributed by atoms with Crippen molar-refractivity contribution in [1.29, 1.82) is 0 Å². The third-order valence-electron chi connectivity index (χ3n) is 12.1. The molecule has 0 N–H and O–H groups in total. The van der Waals surface area contributed by atoms with Gasteiger partial charge in [-0.15, -0.1) is 0 Å². The summed E-state index contributed by atoms with van der Waals surface area (Å²) in [5.74, 6) is -0.895. The lowest BCUT2D eigenvalue weighted by Gasteiger charge is -2.18. The Kier molecular flexibility index (Phi) is 50.8. The molecular weight excluding hydrogens is 793 g/mol. The lowest BCUT2D eigenvalue weighted by Crippen LogP contribution is -2.30. The molecule has 0 bridgehead atoms. The van der Waals surface area contributed by atoms with Crippen LogP contribution < -0.4 is 0 Å². The lowest BCUT2D eigenvalue weighted by molar-refractivity contribution is -0.167. The fourth-order valence-corrected chi connectivity index (χ4v) is 7.92. The Morgan fingerprint density at radius 3 is 0.984 bits per heavy atom. The highest BCUT2D eigenvalue weighted by atomic mass is 16.6. The van der Waals surface area contributed by atoms with Gasteiger partial charge in [0.2, 0.25) is 0 Å². The smallest absolute Gasteiger partial charge is 0.306 e. The van der Waals surface area contributed by atoms with Gasteiger partial charge in [-0.05, 0) is 77.0 Å². The number of esters is 3. The fraction of sp³-hybridized carbons (Fsp3) is 0.810. The van der Waals surface area contributed by atoms with Crippen LogP contribution in [0.4, 0.5) is 0 Å². The van der Waals surface area contributed by atoms with Gasteiger partial charge in [0, 0.05) is 19.3 Å². The predicted octanol–water partition coefficient (Wildman–Crippen LogP) is 18.3. The molecule has 0 saturated heterocycles. The predicted molar refractivity (Wildman–Crippen MR) is 275 cm³/mol. The summed E-state index contributed by atoms with van der Waals surface area (Å²) >= 11 is 0. The third kappa shape index (κ3) is 50.4. The van der Waals surface area contributed by atoms with E-state index in [2.05, 4.69) is 69.4 Å². The molecule has 0 aromatic rings. The van der Waals surface area contributed by atoms with E-state index in [1.807, 2.05) is 0 Å². The van der Waals surface area contributed by atoms with Crippen LogP contribution >= 0.6 is 0 Å². The highest BCUT2D eigenvalue weighted by Gasteiger charge is 2.19. The molecule has 6 heteroatoms. The van der Waals surface area contributed by atoms with Crippen LogP contribution in [0.3, 0.4) is 0 Å². The Labute approximate surface area is 397 Å². The van der Waals surface area contributed by atoms with E-state index in [1.54, 1.807) is 0 Å². The average molecular weight is 897 g/mol. The number of ether oxygens (including phenoxy) is 3. The molecule has 0 aromatic heterocycles. The van der Waals surface area contributed by atoms with Crippen LogP contribution in [-0.4, -0.2) is 37.2 Å². The largest absolute Gasteiger partial charge is 0.462 e. The van der Waals surface area contributed by atoms with Crippen LogP contribution in [0, 0.1) is 0 Å². The standard InChI is InChI=1S/C58H104O6/c1-4-7-10-13-16-19-22-25-27-28-29-31-33-36-39-42-45-48-51-57(60)63-54-55(53-62-56(59)50-47-44-41-38-35-32-24-21-18-15-12-9-6-3)64-58(61)52-49-46-43-40-37-34-30-26-23-20-17-14-11-8-5-2/h8,11,17,20-21,24,26,30,55H,4-7,9-10,12-16,18-19,22-23,25,27-29,31-54H2,1-3H3/b11-8+,20-17+,24-21+,30-26+/t55-/m1/s1. The van der Waals surface area contributed by atoms with Crippen molar-refractivity contribution in [1.82, 2.24) is 0 Å². The zero-order chi connectivity index (χ0) is 46.5. The number of rotatable bonds is 50. The van der Waals surface area contributed by atoms with Gasteiger partial charge in [0.1, 0.15) is 13.2 Å². The van der Waals surface area contributed by atoms with E-state index in [9.17, 15) is 14.4 Å². The molecule has 64 heavy (non-hydrogen) atoms. The molecule has 0 spiro atoms. The van der Waals surface area contributed by atoms with E-state index in [0.717, 1.165) is 103 Å². The zero-order valence-corrected chi connectivity index (χ0v) is 42.6. The monoisotopic (exact) mass is 897 g/mol. The SMILES string of the molecule is CC/C=C/C/C=C/C/C=C/CCCCCCCC(=O)O[C@H](COC(=O)CCCCCCC/C=C/CCCCCC)COC(=O)CCCCCCCCCCCCCCCCCCCC. The molecule has 0 saturated carbocycles. The molecule has 0 aromatic carbocycles. The molecule has 372 valence electrons. The first-order valence-corrected chi connectivity index (χ1v) is 27.6. The number of hydrogen-bond acceptors (Lipinski definition) is 6. The van der Waals surface area contributed by atoms with Gasteiger partial charge in [-0.3, -0.25) is 14.4 Å². The average Bonchev–Trinajstić information content (AvgIpc) is 3.29. The van der Waals surface area contributed by atoms with Gasteiger partial charge in [-0.1, -0.05) is 236 Å². The third-order valence-corrected chi connectivity index (χ3v) is 12.1. The number of carbonyl (C=O) groups is 3. The fourth-order valence-electron chi connectivity index (χ4n) is 7.92. The van der Waals surface area contributed by atoms with Gasteiger partial charge < -0.3 is 14.2 Å². The summed E-state index contributed by atoms with van der Waals surface area (Å²) in [7, 11) is 0. The zero-order valence-electron chi connectivity index (χ0n) is 42.6. The van der Waals surface area contributed by atoms with Crippen molar-refractivity contribution in [3.05, 3.63) is 48.6 Å². The summed E-state index contributed by atoms with van der Waals surface area (Å²) in [6.45, 7) is 6.52. The Morgan fingerprint density at radius 2 is 0.609 bits per heavy atom. The van der Waals surface area contributed by atoms with Crippen molar-refractivity contribution in [2.24, 2.45) is 0 Å². The minimum absolute atomic E-state index is 0.0801. The molecule has 0 aliphatic carbocycles. The van der Waals surface area contributed by atoms with Crippen molar-refractivity contribution >= 4 is 17.9 Å². The number of unbranched alkanes of at least 4 members (excludes halogenated alkanes) is 31. The van der Waals surface area contributed by atoms with Crippen LogP contribution in [0.15, 0.2) is 48.6 Å². The minimum Gasteiger partial charge on any atom is -0.462 e. The van der Waals surface area contributed by atoms with Crippen molar-refractivity contribution in [2.45, 2.75) is 290 Å². The van der Waals surface area contributed by atoms with Gasteiger partial charge in [-0.25, -0.2) is 0 Å². The molecule has 0 radical (unpaired) electrons. The van der Waals surface area contributed by atoms with E-state index in [1.165, 1.54) is 141 Å². The second-order valence-corrected chi connectivity index (χ2v) is 18.5. The van der Waals surface area contributed by atoms with Crippen LogP contribution in [0.2, 0.25) is 0 Å². The highest BCUT2D eigenvalue weighted by molar-refractivity contribution is 5.71. The molecular formula is C58H104O6. The first kappa shape index (κ1) is 61.4. The maximum atomic E-state index is 12.8. The van der Waals surface area contributed by atoms with Crippen LogP contribution in [0.1, 0.15) is 284 Å². The van der Waals surface area contributed by atoms with E-state index in [0.29, 0.717) is 19.3 Å². The lowest BCUT2D eigenvalue weighted by atomic mass is 10.0. The maximum Gasteiger partial charge on any atom is 0.306 e. The van der Waals surface area contributed by atoms with E-state index < -0.39 is 6.10 Å². The maximum absolute atomic E-state index is 12.8. The number of hydrogen-bond donors (Lipinski definition) is 0. The van der Waals surface area contributed by atoms with Crippen LogP contribution in [0.25, 0.3) is 0 Å². The van der Waals surface area contributed by atoms with Crippen molar-refractivity contribution in [2.75, 3.05) is 13.2 Å². The van der Waals surface area contributed by atoms with Crippen LogP contribution in [-0.2, 0) is 28.6 Å². The van der Waals surface area contributed by atoms with E-state index >= 15 is 0 Å². The summed E-state index contributed by atoms with van der Waals surface area (Å²) in [5, 5.41) is 0. The minimum atomic E-state index is -0.783. The van der Waals surface area contributed by atoms with E-state index in [4.69, 9.17) is 14.2 Å². The molecule has 6 nitrogen and oxygen atoms in total. The van der Waals surface area contributed by atoms with Gasteiger partial charge in [-0.2, -0.15) is 0 Å². The summed E-state index contributed by atoms with van der Waals surface area (Å²) < 4.78 is 16.8. The molecule has 0 unspecified atom stereocenters. The van der Waals surface area contributed by atoms with Crippen molar-refractivity contribution in [3.63, 3.8) is 0 Å². The summed E-state index contributed by atoms with van der Waals surface area (Å²) in [5.41, 5.74) is 0. The molecule has 0 aliphatic heterocycles. The normalized spacial score (nSPS) is 12.4. The molecule has 0 rings (SSSR count). The van der Waals surface area contributed by atoms with Gasteiger partial charge in [0.05, 0.1) is 0 Å². The summed E-state index contributed by atoms with van der Waals surface area (Å²) in [6.07, 6.45) is 63.8. The topological polar surface area (TPSA) is 78.9 Å². The van der Waals surface area contributed by atoms with Crippen LogP contribution in [0.5, 0.6) is 0 Å². The van der Waals surface area contributed by atoms with Gasteiger partial charge >= 0.3 is 17.9 Å². The Balaban J connectivity index is 4.36. The second kappa shape index (κ2) is 53.0. The second-order valence-electron chi connectivity index (χ2n) is 18.5. The van der Waals surface area contributed by atoms with Gasteiger partial charge in [0.15, 0.2) is 6.10 Å². The quantitative estimate of drug-likeness (QED) is 0.0262. The first-order chi connectivity index (χ1) is 31.5. The summed E-state index contributed by atoms with van der Waals surface area (Å²) in [4.78, 5) is 38.1. The van der Waals surface area contributed by atoms with Gasteiger partial charge in [0.25, 0.3) is 0 Å². The Morgan fingerprint density at radius 1 is 0.328 bits per heavy atom. The first-order valence-electron chi connectivity index (χ1n) is 27.6. The van der Waals surface area contributed by atoms with Crippen molar-refractivity contribution in [3.8, 4) is 0 Å². The molecule has 0 fully saturated rings. The Hall–Kier alpha value is -2.63. The van der Waals surface area contributed by atoms with Crippen molar-refractivity contribution < 1.29 is 28.6 Å².